The van der Waals surface area contributed by atoms with Gasteiger partial charge in [-0.25, -0.2) is 0 Å². The molecule has 98 valence electrons. The molecular formula is C12H16N2OS3. The molecule has 2 rings (SSSR count). The minimum absolute atomic E-state index is 0.0396. The van der Waals surface area contributed by atoms with Gasteiger partial charge in [0, 0.05) is 6.04 Å². The fraction of sp³-hybridized carbons (Fsp3) is 0.500. The molecular weight excluding hydrogens is 284 g/mol. The number of nitrogens with one attached hydrogen (secondary N) is 1. The van der Waals surface area contributed by atoms with E-state index in [0.717, 1.165) is 28.1 Å². The lowest BCUT2D eigenvalue weighted by Gasteiger charge is -2.14. The van der Waals surface area contributed by atoms with Crippen molar-refractivity contribution in [2.24, 2.45) is 0 Å². The number of aromatic amines is 1. The molecule has 0 radical (unpaired) electrons. The Hall–Kier alpha value is -0.590. The Kier molecular flexibility index (Phi) is 4.64. The van der Waals surface area contributed by atoms with Gasteiger partial charge in [0.05, 0.1) is 5.52 Å². The molecule has 0 aromatic carbocycles. The van der Waals surface area contributed by atoms with Crippen LogP contribution in [0.3, 0.4) is 0 Å². The highest BCUT2D eigenvalue weighted by Crippen LogP contribution is 2.18. The average Bonchev–Trinajstić information content (AvgIpc) is 2.77. The molecule has 3 nitrogen and oxygen atoms in total. The van der Waals surface area contributed by atoms with Crippen molar-refractivity contribution in [3.05, 3.63) is 26.6 Å². The van der Waals surface area contributed by atoms with Crippen LogP contribution in [0.25, 0.3) is 10.2 Å². The summed E-state index contributed by atoms with van der Waals surface area (Å²) in [5, 5.41) is 1.92. The highest BCUT2D eigenvalue weighted by atomic mass is 32.2. The maximum absolute atomic E-state index is 12.4. The Balaban J connectivity index is 2.37. The van der Waals surface area contributed by atoms with Crippen LogP contribution in [0.2, 0.25) is 0 Å². The molecule has 0 spiro atoms. The zero-order valence-electron chi connectivity index (χ0n) is 10.4. The SMILES string of the molecule is CCSCCC(C)n1c(=S)[nH]c2ccsc2c1=O. The molecule has 6 heteroatoms. The van der Waals surface area contributed by atoms with Crippen molar-refractivity contribution in [3.8, 4) is 0 Å². The van der Waals surface area contributed by atoms with E-state index in [1.807, 2.05) is 23.2 Å². The van der Waals surface area contributed by atoms with Crippen LogP contribution in [-0.2, 0) is 0 Å². The van der Waals surface area contributed by atoms with Crippen molar-refractivity contribution in [2.45, 2.75) is 26.3 Å². The van der Waals surface area contributed by atoms with Crippen molar-refractivity contribution in [1.29, 1.82) is 0 Å². The molecule has 0 aliphatic rings. The molecule has 1 atom stereocenters. The van der Waals surface area contributed by atoms with Gasteiger partial charge in [-0.15, -0.1) is 11.3 Å². The van der Waals surface area contributed by atoms with E-state index in [4.69, 9.17) is 12.2 Å². The average molecular weight is 300 g/mol. The van der Waals surface area contributed by atoms with Gasteiger partial charge < -0.3 is 4.98 Å². The molecule has 0 saturated carbocycles. The first-order valence-electron chi connectivity index (χ1n) is 5.95. The molecule has 0 fully saturated rings. The highest BCUT2D eigenvalue weighted by Gasteiger charge is 2.12. The van der Waals surface area contributed by atoms with E-state index in [9.17, 15) is 4.79 Å². The molecule has 2 aromatic heterocycles. The first kappa shape index (κ1) is 13.8. The van der Waals surface area contributed by atoms with Crippen LogP contribution in [0.1, 0.15) is 26.3 Å². The number of nitrogens with zero attached hydrogens (tertiary/aromatic N) is 1. The molecule has 0 amide bonds. The summed E-state index contributed by atoms with van der Waals surface area (Å²) in [6.45, 7) is 4.20. The second kappa shape index (κ2) is 6.04. The van der Waals surface area contributed by atoms with E-state index in [-0.39, 0.29) is 11.6 Å². The predicted molar refractivity (Wildman–Crippen MR) is 83.6 cm³/mol. The lowest BCUT2D eigenvalue weighted by Crippen LogP contribution is -2.24. The Bertz CT molecular complexity index is 641. The second-order valence-electron chi connectivity index (χ2n) is 4.10. The van der Waals surface area contributed by atoms with Gasteiger partial charge in [0.1, 0.15) is 4.70 Å². The molecule has 1 unspecified atom stereocenters. The normalized spacial score (nSPS) is 13.0. The number of aromatic nitrogens is 2. The third-order valence-electron chi connectivity index (χ3n) is 2.86. The van der Waals surface area contributed by atoms with Crippen molar-refractivity contribution in [3.63, 3.8) is 0 Å². The van der Waals surface area contributed by atoms with E-state index in [0.29, 0.717) is 4.77 Å². The summed E-state index contributed by atoms with van der Waals surface area (Å²) < 4.78 is 3.00. The standard InChI is InChI=1S/C12H16N2OS3/c1-3-17-6-4-8(2)14-11(15)10-9(5-7-18-10)13-12(14)16/h5,7-8H,3-4,6H2,1-2H3,(H,13,16). The third-order valence-corrected chi connectivity index (χ3v) is 5.00. The maximum Gasteiger partial charge on any atom is 0.272 e. The second-order valence-corrected chi connectivity index (χ2v) is 6.80. The Labute approximate surface area is 119 Å². The number of thioether (sulfide) groups is 1. The Morgan fingerprint density at radius 2 is 2.39 bits per heavy atom. The fourth-order valence-corrected chi connectivity index (χ4v) is 3.83. The summed E-state index contributed by atoms with van der Waals surface area (Å²) in [4.78, 5) is 15.5. The van der Waals surface area contributed by atoms with Gasteiger partial charge in [0.15, 0.2) is 4.77 Å². The van der Waals surface area contributed by atoms with Gasteiger partial charge in [-0.3, -0.25) is 9.36 Å². The summed E-state index contributed by atoms with van der Waals surface area (Å²) in [6.07, 6.45) is 0.965. The molecule has 18 heavy (non-hydrogen) atoms. The summed E-state index contributed by atoms with van der Waals surface area (Å²) in [6, 6.07) is 2.05. The first-order valence-corrected chi connectivity index (χ1v) is 8.39. The van der Waals surface area contributed by atoms with E-state index < -0.39 is 0 Å². The maximum atomic E-state index is 12.4. The molecule has 0 aliphatic heterocycles. The smallest absolute Gasteiger partial charge is 0.272 e. The highest BCUT2D eigenvalue weighted by molar-refractivity contribution is 7.99. The first-order chi connectivity index (χ1) is 8.65. The fourth-order valence-electron chi connectivity index (χ4n) is 1.88. The van der Waals surface area contributed by atoms with Gasteiger partial charge in [0.25, 0.3) is 5.56 Å². The van der Waals surface area contributed by atoms with Crippen molar-refractivity contribution < 1.29 is 0 Å². The summed E-state index contributed by atoms with van der Waals surface area (Å²) in [7, 11) is 0. The monoisotopic (exact) mass is 300 g/mol. The molecule has 2 aromatic rings. The van der Waals surface area contributed by atoms with Crippen LogP contribution in [0, 0.1) is 4.77 Å². The third kappa shape index (κ3) is 2.70. The largest absolute Gasteiger partial charge is 0.331 e. The van der Waals surface area contributed by atoms with E-state index in [1.54, 1.807) is 4.57 Å². The number of hydrogen-bond acceptors (Lipinski definition) is 4. The van der Waals surface area contributed by atoms with Crippen LogP contribution in [0.4, 0.5) is 0 Å². The van der Waals surface area contributed by atoms with E-state index in [2.05, 4.69) is 18.8 Å². The van der Waals surface area contributed by atoms with Crippen LogP contribution in [0.15, 0.2) is 16.2 Å². The minimum atomic E-state index is 0.0396. The predicted octanol–water partition coefficient (Wildman–Crippen LogP) is 3.82. The van der Waals surface area contributed by atoms with E-state index in [1.165, 1.54) is 11.3 Å². The number of fused-ring (bicyclic) bond motifs is 1. The Morgan fingerprint density at radius 3 is 3.11 bits per heavy atom. The number of rotatable bonds is 5. The zero-order valence-corrected chi connectivity index (χ0v) is 12.9. The molecule has 2 heterocycles. The van der Waals surface area contributed by atoms with Gasteiger partial charge in [-0.1, -0.05) is 6.92 Å². The van der Waals surface area contributed by atoms with Crippen LogP contribution in [-0.4, -0.2) is 21.1 Å². The van der Waals surface area contributed by atoms with Crippen LogP contribution >= 0.6 is 35.3 Å². The lowest BCUT2D eigenvalue weighted by molar-refractivity contribution is 0.508. The molecule has 0 aliphatic carbocycles. The van der Waals surface area contributed by atoms with Gasteiger partial charge >= 0.3 is 0 Å². The number of hydrogen-bond donors (Lipinski definition) is 1. The topological polar surface area (TPSA) is 37.8 Å². The molecule has 0 saturated heterocycles. The van der Waals surface area contributed by atoms with E-state index >= 15 is 0 Å². The van der Waals surface area contributed by atoms with Crippen LogP contribution < -0.4 is 5.56 Å². The van der Waals surface area contributed by atoms with Crippen molar-refractivity contribution in [1.82, 2.24) is 9.55 Å². The summed E-state index contributed by atoms with van der Waals surface area (Å²) >= 11 is 8.65. The van der Waals surface area contributed by atoms with Gasteiger partial charge in [-0.05, 0) is 48.5 Å². The number of H-pyrrole nitrogens is 1. The molecule has 1 N–H and O–H groups in total. The number of thiophene rings is 1. The van der Waals surface area contributed by atoms with Crippen molar-refractivity contribution >= 4 is 45.5 Å². The lowest BCUT2D eigenvalue weighted by atomic mass is 10.2. The van der Waals surface area contributed by atoms with Gasteiger partial charge in [-0.2, -0.15) is 11.8 Å². The minimum Gasteiger partial charge on any atom is -0.331 e. The van der Waals surface area contributed by atoms with Gasteiger partial charge in [0.2, 0.25) is 0 Å². The quantitative estimate of drug-likeness (QED) is 0.674. The van der Waals surface area contributed by atoms with Crippen molar-refractivity contribution in [2.75, 3.05) is 11.5 Å². The summed E-state index contributed by atoms with van der Waals surface area (Å²) in [5.74, 6) is 2.17. The van der Waals surface area contributed by atoms with Crippen LogP contribution in [0.5, 0.6) is 0 Å². The zero-order chi connectivity index (χ0) is 13.1. The summed E-state index contributed by atoms with van der Waals surface area (Å²) in [5.41, 5.74) is 0.888. The Morgan fingerprint density at radius 1 is 1.61 bits per heavy atom. The molecule has 0 bridgehead atoms.